The van der Waals surface area contributed by atoms with Crippen molar-refractivity contribution in [2.24, 2.45) is 7.05 Å². The predicted molar refractivity (Wildman–Crippen MR) is 155 cm³/mol. The van der Waals surface area contributed by atoms with Crippen LogP contribution < -0.4 is 9.47 Å². The van der Waals surface area contributed by atoms with E-state index in [1.54, 1.807) is 19.2 Å². The second-order valence-electron chi connectivity index (χ2n) is 11.5. The molecular weight excluding hydrogens is 533 g/mol. The van der Waals surface area contributed by atoms with Crippen molar-refractivity contribution >= 4 is 0 Å². The molecule has 2 heterocycles. The van der Waals surface area contributed by atoms with E-state index < -0.39 is 0 Å². The maximum absolute atomic E-state index is 13.4. The summed E-state index contributed by atoms with van der Waals surface area (Å²) in [5.41, 5.74) is 2.55. The minimum absolute atomic E-state index is 0.0481. The molecule has 5 aromatic rings. The average Bonchev–Trinajstić information content (AvgIpc) is 3.70. The zero-order chi connectivity index (χ0) is 28.7. The van der Waals surface area contributed by atoms with E-state index >= 15 is 0 Å². The van der Waals surface area contributed by atoms with Crippen molar-refractivity contribution in [3.8, 4) is 34.3 Å². The summed E-state index contributed by atoms with van der Waals surface area (Å²) in [6.45, 7) is 0.485. The summed E-state index contributed by atoms with van der Waals surface area (Å²) >= 11 is 0. The van der Waals surface area contributed by atoms with Crippen LogP contribution in [0.1, 0.15) is 55.8 Å². The maximum atomic E-state index is 13.4. The minimum Gasteiger partial charge on any atom is -0.496 e. The number of ether oxygens (including phenoxy) is 2. The van der Waals surface area contributed by atoms with Crippen molar-refractivity contribution < 1.29 is 18.4 Å². The Morgan fingerprint density at radius 2 is 1.60 bits per heavy atom. The molecule has 2 bridgehead atoms. The first-order valence-electron chi connectivity index (χ1n) is 14.3. The lowest BCUT2D eigenvalue weighted by Gasteiger charge is -2.51. The van der Waals surface area contributed by atoms with Crippen LogP contribution in [0, 0.1) is 5.82 Å². The molecular formula is C33H32FN5O3. The average molecular weight is 566 g/mol. The van der Waals surface area contributed by atoms with Gasteiger partial charge in [-0.15, -0.1) is 10.2 Å². The zero-order valence-corrected chi connectivity index (χ0v) is 23.7. The molecule has 3 aliphatic rings. The molecule has 214 valence electrons. The summed E-state index contributed by atoms with van der Waals surface area (Å²) in [6.07, 6.45) is 5.73. The summed E-state index contributed by atoms with van der Waals surface area (Å²) in [5.74, 6) is 4.12. The highest BCUT2D eigenvalue weighted by Crippen LogP contribution is 2.58. The van der Waals surface area contributed by atoms with Crippen molar-refractivity contribution in [2.75, 3.05) is 7.11 Å². The fourth-order valence-corrected chi connectivity index (χ4v) is 6.71. The van der Waals surface area contributed by atoms with Crippen LogP contribution in [0.15, 0.2) is 77.3 Å². The van der Waals surface area contributed by atoms with E-state index in [4.69, 9.17) is 24.1 Å². The Morgan fingerprint density at radius 1 is 0.881 bits per heavy atom. The van der Waals surface area contributed by atoms with Gasteiger partial charge >= 0.3 is 0 Å². The highest BCUT2D eigenvalue weighted by Gasteiger charge is 2.54. The van der Waals surface area contributed by atoms with E-state index in [2.05, 4.69) is 14.8 Å². The largest absolute Gasteiger partial charge is 0.496 e. The van der Waals surface area contributed by atoms with Crippen molar-refractivity contribution in [3.63, 3.8) is 0 Å². The summed E-state index contributed by atoms with van der Waals surface area (Å²) < 4.78 is 33.1. The molecule has 3 aromatic carbocycles. The van der Waals surface area contributed by atoms with Gasteiger partial charge in [0.15, 0.2) is 5.82 Å². The van der Waals surface area contributed by atoms with Gasteiger partial charge in [-0.2, -0.15) is 4.98 Å². The first kappa shape index (κ1) is 26.4. The molecule has 0 amide bonds. The van der Waals surface area contributed by atoms with Crippen molar-refractivity contribution in [1.29, 1.82) is 0 Å². The van der Waals surface area contributed by atoms with E-state index in [0.717, 1.165) is 72.6 Å². The van der Waals surface area contributed by atoms with Crippen molar-refractivity contribution in [2.45, 2.75) is 56.0 Å². The second kappa shape index (κ2) is 10.4. The van der Waals surface area contributed by atoms with E-state index in [9.17, 15) is 4.39 Å². The lowest BCUT2D eigenvalue weighted by molar-refractivity contribution is 0.0689. The number of fused-ring (bicyclic) bond motifs is 3. The van der Waals surface area contributed by atoms with Gasteiger partial charge in [-0.05, 0) is 80.5 Å². The number of hydrogen-bond acceptors (Lipinski definition) is 7. The van der Waals surface area contributed by atoms with Crippen LogP contribution in [-0.4, -0.2) is 32.0 Å². The highest BCUT2D eigenvalue weighted by molar-refractivity contribution is 5.66. The minimum atomic E-state index is -0.285. The van der Waals surface area contributed by atoms with Gasteiger partial charge in [-0.1, -0.05) is 35.5 Å². The summed E-state index contributed by atoms with van der Waals surface area (Å²) in [5, 5.41) is 13.6. The van der Waals surface area contributed by atoms with Gasteiger partial charge < -0.3 is 18.6 Å². The van der Waals surface area contributed by atoms with E-state index in [0.29, 0.717) is 24.1 Å². The van der Waals surface area contributed by atoms with E-state index in [1.807, 2.05) is 55.6 Å². The Kier molecular flexibility index (Phi) is 6.52. The summed E-state index contributed by atoms with van der Waals surface area (Å²) in [6, 6.07) is 22.1. The second-order valence-corrected chi connectivity index (χ2v) is 11.5. The predicted octanol–water partition coefficient (Wildman–Crippen LogP) is 6.80. The monoisotopic (exact) mass is 565 g/mol. The van der Waals surface area contributed by atoms with E-state index in [-0.39, 0.29) is 16.6 Å². The van der Waals surface area contributed by atoms with Crippen molar-refractivity contribution in [3.05, 3.63) is 95.9 Å². The number of hydrogen-bond donors (Lipinski definition) is 0. The quantitative estimate of drug-likeness (QED) is 0.204. The molecule has 8 nitrogen and oxygen atoms in total. The molecule has 3 aliphatic carbocycles. The maximum Gasteiger partial charge on any atom is 0.233 e. The molecule has 8 rings (SSSR count). The molecule has 0 aliphatic heterocycles. The lowest BCUT2D eigenvalue weighted by Crippen LogP contribution is -2.47. The standard InChI is InChI=1S/C33H32FN5O3/c1-39-29(26-13-12-25(20-27(26)40-2)41-21-22-6-4-3-5-7-22)36-37-30(39)32-14-17-33(18-15-32,19-16-32)31-35-28(38-42-31)23-8-10-24(34)11-9-23/h3-13,20H,14-19,21H2,1-2H3. The van der Waals surface area contributed by atoms with Gasteiger partial charge in [0.25, 0.3) is 0 Å². The van der Waals surface area contributed by atoms with Gasteiger partial charge in [0, 0.05) is 29.5 Å². The Bertz CT molecular complexity index is 1690. The summed E-state index contributed by atoms with van der Waals surface area (Å²) in [4.78, 5) is 4.76. The normalized spacial score (nSPS) is 21.4. The third kappa shape index (κ3) is 4.53. The Balaban J connectivity index is 1.09. The molecule has 0 unspecified atom stereocenters. The van der Waals surface area contributed by atoms with Crippen LogP contribution in [0.2, 0.25) is 0 Å². The van der Waals surface area contributed by atoms with Gasteiger partial charge in [0.05, 0.1) is 12.7 Å². The third-order valence-electron chi connectivity index (χ3n) is 9.24. The molecule has 0 spiro atoms. The molecule has 0 atom stereocenters. The highest BCUT2D eigenvalue weighted by atomic mass is 19.1. The lowest BCUT2D eigenvalue weighted by atomic mass is 9.53. The Morgan fingerprint density at radius 3 is 2.31 bits per heavy atom. The number of nitrogens with zero attached hydrogens (tertiary/aromatic N) is 5. The smallest absolute Gasteiger partial charge is 0.233 e. The Hall–Kier alpha value is -4.53. The summed E-state index contributed by atoms with van der Waals surface area (Å²) in [7, 11) is 3.71. The van der Waals surface area contributed by atoms with Crippen LogP contribution in [0.4, 0.5) is 4.39 Å². The fraction of sp³-hybridized carbons (Fsp3) is 0.333. The van der Waals surface area contributed by atoms with Gasteiger partial charge in [-0.3, -0.25) is 0 Å². The molecule has 3 fully saturated rings. The molecule has 0 saturated heterocycles. The van der Waals surface area contributed by atoms with Crippen LogP contribution in [0.5, 0.6) is 11.5 Å². The number of methoxy groups -OCH3 is 1. The number of aromatic nitrogens is 5. The molecule has 3 saturated carbocycles. The fourth-order valence-electron chi connectivity index (χ4n) is 6.71. The van der Waals surface area contributed by atoms with Crippen LogP contribution in [-0.2, 0) is 24.5 Å². The third-order valence-corrected chi connectivity index (χ3v) is 9.24. The topological polar surface area (TPSA) is 88.1 Å². The van der Waals surface area contributed by atoms with Crippen LogP contribution in [0.25, 0.3) is 22.8 Å². The zero-order valence-electron chi connectivity index (χ0n) is 23.7. The molecule has 0 N–H and O–H groups in total. The van der Waals surface area contributed by atoms with Gasteiger partial charge in [0.2, 0.25) is 11.7 Å². The Labute approximate surface area is 243 Å². The first-order chi connectivity index (χ1) is 20.5. The van der Waals surface area contributed by atoms with Gasteiger partial charge in [0.1, 0.15) is 29.7 Å². The van der Waals surface area contributed by atoms with Gasteiger partial charge in [-0.25, -0.2) is 4.39 Å². The number of benzene rings is 3. The van der Waals surface area contributed by atoms with Crippen LogP contribution in [0.3, 0.4) is 0 Å². The number of rotatable bonds is 8. The number of halogens is 1. The van der Waals surface area contributed by atoms with Crippen molar-refractivity contribution in [1.82, 2.24) is 24.9 Å². The SMILES string of the molecule is COc1cc(OCc2ccccc2)ccc1-c1nnc(C23CCC(c4nc(-c5ccc(F)cc5)no4)(CC2)CC3)n1C. The van der Waals surface area contributed by atoms with Crippen LogP contribution >= 0.6 is 0 Å². The molecule has 2 aromatic heterocycles. The molecule has 9 heteroatoms. The van der Waals surface area contributed by atoms with E-state index in [1.165, 1.54) is 12.1 Å². The molecule has 0 radical (unpaired) electrons. The first-order valence-corrected chi connectivity index (χ1v) is 14.3. The molecule has 42 heavy (non-hydrogen) atoms.